The molecule has 4 aliphatic rings. The van der Waals surface area contributed by atoms with Crippen molar-refractivity contribution in [1.29, 1.82) is 0 Å². The van der Waals surface area contributed by atoms with E-state index in [0.29, 0.717) is 26.2 Å². The van der Waals surface area contributed by atoms with Gasteiger partial charge in [0.2, 0.25) is 12.1 Å². The normalized spacial score (nSPS) is 45.2. The van der Waals surface area contributed by atoms with E-state index in [2.05, 4.69) is 0 Å². The van der Waals surface area contributed by atoms with E-state index < -0.39 is 12.1 Å². The van der Waals surface area contributed by atoms with E-state index in [4.69, 9.17) is 18.9 Å². The number of hydrogen-bond acceptors (Lipinski definition) is 5. The molecule has 0 N–H and O–H groups in total. The van der Waals surface area contributed by atoms with Gasteiger partial charge in [-0.25, -0.2) is 0 Å². The van der Waals surface area contributed by atoms with Gasteiger partial charge in [-0.1, -0.05) is 5.57 Å². The maximum atomic E-state index is 11.8. The molecule has 5 nitrogen and oxygen atoms in total. The third-order valence-corrected chi connectivity index (χ3v) is 4.43. The summed E-state index contributed by atoms with van der Waals surface area (Å²) in [5, 5.41) is 0. The number of ether oxygens (including phenoxy) is 4. The summed E-state index contributed by atoms with van der Waals surface area (Å²) >= 11 is 0. The molecule has 3 saturated heterocycles. The molecule has 3 aliphatic heterocycles. The predicted molar refractivity (Wildman–Crippen MR) is 59.6 cm³/mol. The van der Waals surface area contributed by atoms with Crippen LogP contribution in [0.4, 0.5) is 0 Å². The maximum absolute atomic E-state index is 11.8. The minimum absolute atomic E-state index is 0.00831. The molecular weight excluding hydrogens is 236 g/mol. The Morgan fingerprint density at radius 1 is 1.33 bits per heavy atom. The second-order valence-electron chi connectivity index (χ2n) is 5.46. The summed E-state index contributed by atoms with van der Waals surface area (Å²) in [5.74, 6) is -0.488. The average Bonchev–Trinajstić information content (AvgIpc) is 2.93. The summed E-state index contributed by atoms with van der Waals surface area (Å²) in [6.07, 6.45) is 1.75. The van der Waals surface area contributed by atoms with Gasteiger partial charge in [-0.2, -0.15) is 0 Å². The first kappa shape index (κ1) is 11.1. The number of carbonyl (C=O) groups is 1. The Morgan fingerprint density at radius 3 is 2.89 bits per heavy atom. The standard InChI is InChI=1S/C13H16O5/c1-7-4-8(14)5-9-10-6-15-12(18-10)13(11(7)9)16-2-3-17-13/h4,9-12H,2-3,5-6H2,1H3/t9-,10-,11-,12-/m1/s1. The van der Waals surface area contributed by atoms with Crippen LogP contribution in [-0.2, 0) is 23.7 Å². The smallest absolute Gasteiger partial charge is 0.227 e. The van der Waals surface area contributed by atoms with Gasteiger partial charge < -0.3 is 18.9 Å². The Labute approximate surface area is 105 Å². The van der Waals surface area contributed by atoms with Gasteiger partial charge >= 0.3 is 0 Å². The molecule has 0 amide bonds. The third-order valence-electron chi connectivity index (χ3n) is 4.43. The zero-order valence-electron chi connectivity index (χ0n) is 10.3. The molecule has 1 aliphatic carbocycles. The highest BCUT2D eigenvalue weighted by molar-refractivity contribution is 5.91. The molecule has 4 atom stereocenters. The second-order valence-corrected chi connectivity index (χ2v) is 5.46. The Hall–Kier alpha value is -0.750. The van der Waals surface area contributed by atoms with E-state index in [0.717, 1.165) is 5.57 Å². The fraction of sp³-hybridized carbons (Fsp3) is 0.769. The summed E-state index contributed by atoms with van der Waals surface area (Å²) in [5.41, 5.74) is 1.03. The maximum Gasteiger partial charge on any atom is 0.227 e. The first-order chi connectivity index (χ1) is 8.71. The van der Waals surface area contributed by atoms with E-state index in [1.165, 1.54) is 0 Å². The van der Waals surface area contributed by atoms with Crippen LogP contribution in [0.2, 0.25) is 0 Å². The Kier molecular flexibility index (Phi) is 2.24. The highest BCUT2D eigenvalue weighted by Gasteiger charge is 2.64. The van der Waals surface area contributed by atoms with Crippen molar-refractivity contribution in [2.75, 3.05) is 19.8 Å². The molecule has 1 spiro atoms. The first-order valence-electron chi connectivity index (χ1n) is 6.47. The van der Waals surface area contributed by atoms with Crippen molar-refractivity contribution in [2.24, 2.45) is 11.8 Å². The van der Waals surface area contributed by atoms with Crippen LogP contribution in [0.25, 0.3) is 0 Å². The molecule has 0 aromatic rings. The zero-order chi connectivity index (χ0) is 12.3. The van der Waals surface area contributed by atoms with Crippen LogP contribution >= 0.6 is 0 Å². The topological polar surface area (TPSA) is 54.0 Å². The fourth-order valence-electron chi connectivity index (χ4n) is 3.81. The van der Waals surface area contributed by atoms with E-state index in [9.17, 15) is 4.79 Å². The van der Waals surface area contributed by atoms with Crippen LogP contribution in [-0.4, -0.2) is 43.8 Å². The third kappa shape index (κ3) is 1.28. The molecule has 0 unspecified atom stereocenters. The van der Waals surface area contributed by atoms with Crippen molar-refractivity contribution in [2.45, 2.75) is 31.5 Å². The molecule has 5 heteroatoms. The van der Waals surface area contributed by atoms with Crippen molar-refractivity contribution in [1.82, 2.24) is 0 Å². The van der Waals surface area contributed by atoms with Gasteiger partial charge in [0.05, 0.1) is 25.9 Å². The average molecular weight is 252 g/mol. The number of carbonyl (C=O) groups excluding carboxylic acids is 1. The lowest BCUT2D eigenvalue weighted by Crippen LogP contribution is -2.59. The van der Waals surface area contributed by atoms with Crippen molar-refractivity contribution in [3.63, 3.8) is 0 Å². The van der Waals surface area contributed by atoms with Gasteiger partial charge in [0, 0.05) is 18.3 Å². The lowest BCUT2D eigenvalue weighted by molar-refractivity contribution is -0.333. The molecular formula is C13H16O5. The van der Waals surface area contributed by atoms with Crippen LogP contribution in [0.1, 0.15) is 13.3 Å². The van der Waals surface area contributed by atoms with Crippen molar-refractivity contribution in [3.8, 4) is 0 Å². The molecule has 0 aromatic heterocycles. The van der Waals surface area contributed by atoms with Gasteiger partial charge in [0.15, 0.2) is 5.78 Å². The molecule has 0 radical (unpaired) electrons. The van der Waals surface area contributed by atoms with Crippen LogP contribution in [0, 0.1) is 11.8 Å². The van der Waals surface area contributed by atoms with Crippen molar-refractivity contribution >= 4 is 5.78 Å². The lowest BCUT2D eigenvalue weighted by Gasteiger charge is -2.48. The van der Waals surface area contributed by atoms with Crippen LogP contribution < -0.4 is 0 Å². The molecule has 3 heterocycles. The lowest BCUT2D eigenvalue weighted by atomic mass is 9.70. The molecule has 3 fully saturated rings. The highest BCUT2D eigenvalue weighted by atomic mass is 16.8. The molecule has 0 aromatic carbocycles. The number of hydrogen-bond donors (Lipinski definition) is 0. The minimum Gasteiger partial charge on any atom is -0.345 e. The van der Waals surface area contributed by atoms with Gasteiger partial charge in [-0.05, 0) is 13.0 Å². The minimum atomic E-state index is -0.834. The molecule has 4 rings (SSSR count). The molecule has 2 bridgehead atoms. The SMILES string of the molecule is CC1=CC(=O)C[C@H]2[C@@H]1C1(OCCO1)[C@@H]1OC[C@H]2O1. The van der Waals surface area contributed by atoms with E-state index in [-0.39, 0.29) is 23.7 Å². The van der Waals surface area contributed by atoms with Gasteiger partial charge in [0.25, 0.3) is 0 Å². The van der Waals surface area contributed by atoms with E-state index >= 15 is 0 Å². The van der Waals surface area contributed by atoms with Crippen LogP contribution in [0.3, 0.4) is 0 Å². The summed E-state index contributed by atoms with van der Waals surface area (Å²) in [6.45, 7) is 3.61. The Bertz CT molecular complexity index is 423. The van der Waals surface area contributed by atoms with Gasteiger partial charge in [-0.3, -0.25) is 4.79 Å². The second kappa shape index (κ2) is 3.63. The predicted octanol–water partition coefficient (Wildman–Crippen LogP) is 0.636. The van der Waals surface area contributed by atoms with Crippen LogP contribution in [0.5, 0.6) is 0 Å². The Balaban J connectivity index is 1.82. The monoisotopic (exact) mass is 252 g/mol. The van der Waals surface area contributed by atoms with Gasteiger partial charge in [0.1, 0.15) is 0 Å². The molecule has 18 heavy (non-hydrogen) atoms. The largest absolute Gasteiger partial charge is 0.345 e. The Morgan fingerprint density at radius 2 is 2.11 bits per heavy atom. The highest BCUT2D eigenvalue weighted by Crippen LogP contribution is 2.52. The van der Waals surface area contributed by atoms with Crippen molar-refractivity contribution < 1.29 is 23.7 Å². The molecule has 98 valence electrons. The fourth-order valence-corrected chi connectivity index (χ4v) is 3.81. The van der Waals surface area contributed by atoms with Crippen LogP contribution in [0.15, 0.2) is 11.6 Å². The zero-order valence-corrected chi connectivity index (χ0v) is 10.3. The summed E-state index contributed by atoms with van der Waals surface area (Å²) < 4.78 is 23.3. The number of allylic oxidation sites excluding steroid dienone is 1. The number of fused-ring (bicyclic) bond motifs is 6. The summed E-state index contributed by atoms with van der Waals surface area (Å²) in [6, 6.07) is 0. The van der Waals surface area contributed by atoms with E-state index in [1.807, 2.05) is 6.92 Å². The van der Waals surface area contributed by atoms with Crippen molar-refractivity contribution in [3.05, 3.63) is 11.6 Å². The van der Waals surface area contributed by atoms with Gasteiger partial charge in [-0.15, -0.1) is 0 Å². The summed E-state index contributed by atoms with van der Waals surface area (Å²) in [7, 11) is 0. The van der Waals surface area contributed by atoms with E-state index in [1.54, 1.807) is 6.08 Å². The number of ketones is 1. The number of rotatable bonds is 0. The quantitative estimate of drug-likeness (QED) is 0.633. The summed E-state index contributed by atoms with van der Waals surface area (Å²) in [4.78, 5) is 11.8. The molecule has 0 saturated carbocycles. The first-order valence-corrected chi connectivity index (χ1v) is 6.47.